The summed E-state index contributed by atoms with van der Waals surface area (Å²) in [5, 5.41) is 6.06. The number of anilines is 1. The number of nitrogens with zero attached hydrogens (tertiary/aromatic N) is 2. The number of carbonyl (C=O) groups is 1. The van der Waals surface area contributed by atoms with E-state index in [2.05, 4.69) is 35.1 Å². The molecule has 1 aromatic heterocycles. The summed E-state index contributed by atoms with van der Waals surface area (Å²) in [5.74, 6) is 0.577. The number of para-hydroxylation sites is 1. The molecule has 34 heavy (non-hydrogen) atoms. The van der Waals surface area contributed by atoms with E-state index in [1.807, 2.05) is 54.8 Å². The van der Waals surface area contributed by atoms with E-state index in [1.54, 1.807) is 23.5 Å². The van der Waals surface area contributed by atoms with Crippen molar-refractivity contribution >= 4 is 29.0 Å². The normalized spacial score (nSPS) is 18.8. The molecule has 4 rings (SSSR count). The van der Waals surface area contributed by atoms with E-state index in [4.69, 9.17) is 9.47 Å². The number of carbonyl (C=O) groups excluding carboxylic acids is 1. The number of ether oxygens (including phenoxy) is 2. The van der Waals surface area contributed by atoms with Crippen LogP contribution in [-0.4, -0.2) is 41.1 Å². The van der Waals surface area contributed by atoms with Crippen molar-refractivity contribution in [1.82, 2.24) is 9.88 Å². The van der Waals surface area contributed by atoms with Crippen molar-refractivity contribution < 1.29 is 14.3 Å². The van der Waals surface area contributed by atoms with Crippen molar-refractivity contribution in [2.75, 3.05) is 18.4 Å². The minimum atomic E-state index is -0.166. The minimum Gasteiger partial charge on any atom is -0.487 e. The summed E-state index contributed by atoms with van der Waals surface area (Å²) in [4.78, 5) is 19.5. The Morgan fingerprint density at radius 3 is 2.76 bits per heavy atom. The predicted molar refractivity (Wildman–Crippen MR) is 137 cm³/mol. The molecule has 178 valence electrons. The highest BCUT2D eigenvalue weighted by molar-refractivity contribution is 7.09. The lowest BCUT2D eigenvalue weighted by molar-refractivity contribution is -0.111. The zero-order valence-electron chi connectivity index (χ0n) is 19.9. The predicted octanol–water partition coefficient (Wildman–Crippen LogP) is 5.29. The molecule has 0 spiro atoms. The van der Waals surface area contributed by atoms with Crippen LogP contribution >= 0.6 is 11.3 Å². The summed E-state index contributed by atoms with van der Waals surface area (Å²) < 4.78 is 11.7. The number of hydrogen-bond acceptors (Lipinski definition) is 6. The third-order valence-corrected chi connectivity index (χ3v) is 6.33. The molecule has 1 aliphatic heterocycles. The lowest BCUT2D eigenvalue weighted by Gasteiger charge is -2.35. The van der Waals surface area contributed by atoms with Crippen LogP contribution in [0, 0.1) is 6.92 Å². The molecule has 0 aliphatic carbocycles. The molecule has 0 bridgehead atoms. The third kappa shape index (κ3) is 7.00. The van der Waals surface area contributed by atoms with Gasteiger partial charge in [-0.3, -0.25) is 9.69 Å². The largest absolute Gasteiger partial charge is 0.487 e. The molecule has 2 atom stereocenters. The second-order valence-electron chi connectivity index (χ2n) is 8.65. The molecular weight excluding hydrogens is 446 g/mol. The first-order chi connectivity index (χ1) is 16.4. The zero-order valence-corrected chi connectivity index (χ0v) is 20.7. The lowest BCUT2D eigenvalue weighted by Crippen LogP contribution is -2.44. The Labute approximate surface area is 205 Å². The smallest absolute Gasteiger partial charge is 0.248 e. The summed E-state index contributed by atoms with van der Waals surface area (Å²) in [6.45, 7) is 9.14. The second kappa shape index (κ2) is 11.4. The van der Waals surface area contributed by atoms with Crippen LogP contribution in [0.15, 0.2) is 60.0 Å². The van der Waals surface area contributed by atoms with Gasteiger partial charge in [-0.25, -0.2) is 4.98 Å². The molecule has 0 saturated carbocycles. The minimum absolute atomic E-state index is 0.166. The Hall–Kier alpha value is -3.00. The van der Waals surface area contributed by atoms with E-state index in [9.17, 15) is 4.79 Å². The fourth-order valence-corrected chi connectivity index (χ4v) is 4.72. The van der Waals surface area contributed by atoms with Crippen molar-refractivity contribution in [2.24, 2.45) is 0 Å². The van der Waals surface area contributed by atoms with E-state index in [0.717, 1.165) is 52.9 Å². The van der Waals surface area contributed by atoms with Gasteiger partial charge in [0.2, 0.25) is 5.91 Å². The highest BCUT2D eigenvalue weighted by Gasteiger charge is 2.22. The molecular formula is C27H31N3O3S. The van der Waals surface area contributed by atoms with Gasteiger partial charge >= 0.3 is 0 Å². The van der Waals surface area contributed by atoms with Gasteiger partial charge in [0.15, 0.2) is 0 Å². The number of morpholine rings is 1. The summed E-state index contributed by atoms with van der Waals surface area (Å²) in [7, 11) is 0. The standard InChI is InChI=1S/C27H31N3O3S/c1-19-14-30(15-20(2)33-19)16-23-8-4-5-10-26(23)29-27(31)12-11-22-7-6-9-25(13-22)32-17-24-18-34-21(3)28-24/h4-13,18-20H,14-17H2,1-3H3,(H,29,31)/b12-11+. The average Bonchev–Trinajstić information content (AvgIpc) is 3.22. The van der Waals surface area contributed by atoms with Crippen molar-refractivity contribution in [3.05, 3.63) is 81.8 Å². The van der Waals surface area contributed by atoms with Gasteiger partial charge in [-0.05, 0) is 56.2 Å². The number of aryl methyl sites for hydroxylation is 1. The summed E-state index contributed by atoms with van der Waals surface area (Å²) in [6, 6.07) is 15.6. The highest BCUT2D eigenvalue weighted by Crippen LogP contribution is 2.21. The van der Waals surface area contributed by atoms with Crippen molar-refractivity contribution in [1.29, 1.82) is 0 Å². The molecule has 1 fully saturated rings. The fourth-order valence-electron chi connectivity index (χ4n) is 4.12. The molecule has 3 aromatic rings. The van der Waals surface area contributed by atoms with Crippen LogP contribution in [0.25, 0.3) is 6.08 Å². The van der Waals surface area contributed by atoms with Crippen molar-refractivity contribution in [3.63, 3.8) is 0 Å². The summed E-state index contributed by atoms with van der Waals surface area (Å²) in [6.07, 6.45) is 3.76. The Kier molecular flexibility index (Phi) is 8.11. The van der Waals surface area contributed by atoms with Crippen LogP contribution in [-0.2, 0) is 22.7 Å². The van der Waals surface area contributed by atoms with Gasteiger partial charge in [0.25, 0.3) is 0 Å². The number of amides is 1. The maximum absolute atomic E-state index is 12.7. The van der Waals surface area contributed by atoms with Gasteiger partial charge < -0.3 is 14.8 Å². The summed E-state index contributed by atoms with van der Waals surface area (Å²) >= 11 is 1.61. The van der Waals surface area contributed by atoms with E-state index in [1.165, 1.54) is 0 Å². The number of thiazole rings is 1. The topological polar surface area (TPSA) is 63.7 Å². The molecule has 1 aliphatic rings. The molecule has 2 heterocycles. The highest BCUT2D eigenvalue weighted by atomic mass is 32.1. The quantitative estimate of drug-likeness (QED) is 0.447. The third-order valence-electron chi connectivity index (χ3n) is 5.50. The Bertz CT molecular complexity index is 1130. The first-order valence-electron chi connectivity index (χ1n) is 11.5. The molecule has 6 nitrogen and oxygen atoms in total. The molecule has 1 amide bonds. The average molecular weight is 478 g/mol. The van der Waals surface area contributed by atoms with Crippen molar-refractivity contribution in [2.45, 2.75) is 46.1 Å². The van der Waals surface area contributed by atoms with Crippen molar-refractivity contribution in [3.8, 4) is 5.75 Å². The molecule has 0 radical (unpaired) electrons. The zero-order chi connectivity index (χ0) is 23.9. The summed E-state index contributed by atoms with van der Waals surface area (Å²) in [5.41, 5.74) is 3.74. The van der Waals surface area contributed by atoms with Crippen LogP contribution in [0.4, 0.5) is 5.69 Å². The van der Waals surface area contributed by atoms with Crippen LogP contribution in [0.3, 0.4) is 0 Å². The van der Waals surface area contributed by atoms with E-state index in [0.29, 0.717) is 6.61 Å². The second-order valence-corrected chi connectivity index (χ2v) is 9.71. The first kappa shape index (κ1) is 24.1. The first-order valence-corrected chi connectivity index (χ1v) is 12.4. The molecule has 2 aromatic carbocycles. The monoisotopic (exact) mass is 477 g/mol. The Balaban J connectivity index is 1.35. The van der Waals surface area contributed by atoms with Gasteiger partial charge in [0.05, 0.1) is 22.9 Å². The van der Waals surface area contributed by atoms with Crippen LogP contribution < -0.4 is 10.1 Å². The van der Waals surface area contributed by atoms with Crippen LogP contribution in [0.1, 0.15) is 35.7 Å². The lowest BCUT2D eigenvalue weighted by atomic mass is 10.1. The van der Waals surface area contributed by atoms with Crippen LogP contribution in [0.5, 0.6) is 5.75 Å². The van der Waals surface area contributed by atoms with Gasteiger partial charge in [-0.15, -0.1) is 11.3 Å². The Morgan fingerprint density at radius 1 is 1.21 bits per heavy atom. The van der Waals surface area contributed by atoms with E-state index < -0.39 is 0 Å². The van der Waals surface area contributed by atoms with Gasteiger partial charge in [0.1, 0.15) is 12.4 Å². The molecule has 2 unspecified atom stereocenters. The maximum Gasteiger partial charge on any atom is 0.248 e. The number of nitrogens with one attached hydrogen (secondary N) is 1. The van der Waals surface area contributed by atoms with Gasteiger partial charge in [0, 0.05) is 36.8 Å². The number of hydrogen-bond donors (Lipinski definition) is 1. The number of aromatic nitrogens is 1. The van der Waals surface area contributed by atoms with Crippen LogP contribution in [0.2, 0.25) is 0 Å². The SMILES string of the molecule is Cc1nc(COc2cccc(/C=C/C(=O)Nc3ccccc3CN3CC(C)OC(C)C3)c2)cs1. The maximum atomic E-state index is 12.7. The number of rotatable bonds is 8. The molecule has 1 N–H and O–H groups in total. The Morgan fingerprint density at radius 2 is 2.00 bits per heavy atom. The van der Waals surface area contributed by atoms with E-state index >= 15 is 0 Å². The number of benzene rings is 2. The fraction of sp³-hybridized carbons (Fsp3) is 0.333. The van der Waals surface area contributed by atoms with E-state index in [-0.39, 0.29) is 18.1 Å². The van der Waals surface area contributed by atoms with Gasteiger partial charge in [-0.1, -0.05) is 30.3 Å². The molecule has 7 heteroatoms. The van der Waals surface area contributed by atoms with Gasteiger partial charge in [-0.2, -0.15) is 0 Å². The molecule has 1 saturated heterocycles.